The number of carbonyl (C=O) groups is 3. The number of hydrogen-bond donors (Lipinski definition) is 2. The van der Waals surface area contributed by atoms with Gasteiger partial charge in [-0.05, 0) is 43.2 Å². The lowest BCUT2D eigenvalue weighted by Crippen LogP contribution is -2.30. The maximum Gasteiger partial charge on any atom is 0.471 e. The number of halogens is 3. The molecule has 2 aromatic carbocycles. The number of allylic oxidation sites excluding steroid dienone is 1. The predicted octanol–water partition coefficient (Wildman–Crippen LogP) is 7.41. The SMILES string of the molecule is COC(=O)Nc1ccc(-c2cn(COCC[Si](C)(C)C)c(CCC=CC(C)C(=O)OCc3ccccc3)n2)c(NC(=O)C(F)(F)F)c1. The number of esters is 1. The van der Waals surface area contributed by atoms with Crippen molar-refractivity contribution in [3.05, 3.63) is 78.3 Å². The number of nitrogens with zero attached hydrogens (tertiary/aromatic N) is 2. The van der Waals surface area contributed by atoms with E-state index in [2.05, 4.69) is 34.7 Å². The van der Waals surface area contributed by atoms with Gasteiger partial charge in [-0.1, -0.05) is 62.1 Å². The monoisotopic (exact) mass is 674 g/mol. The van der Waals surface area contributed by atoms with Crippen LogP contribution in [-0.4, -0.2) is 55.5 Å². The van der Waals surface area contributed by atoms with E-state index in [0.29, 0.717) is 25.3 Å². The highest BCUT2D eigenvalue weighted by Crippen LogP contribution is 2.32. The first-order valence-corrected chi connectivity index (χ1v) is 18.8. The Morgan fingerprint density at radius 1 is 1.06 bits per heavy atom. The first-order chi connectivity index (χ1) is 22.2. The summed E-state index contributed by atoms with van der Waals surface area (Å²) in [6, 6.07) is 14.4. The number of alkyl halides is 3. The fraction of sp³-hybridized carbons (Fsp3) is 0.394. The topological polar surface area (TPSA) is 121 Å². The van der Waals surface area contributed by atoms with Gasteiger partial charge in [0.15, 0.2) is 0 Å². The van der Waals surface area contributed by atoms with Crippen molar-refractivity contribution in [2.24, 2.45) is 5.92 Å². The number of aryl methyl sites for hydroxylation is 1. The molecule has 0 aliphatic rings. The number of aromatic nitrogens is 2. The molecule has 0 aliphatic carbocycles. The Hall–Kier alpha value is -4.43. The summed E-state index contributed by atoms with van der Waals surface area (Å²) >= 11 is 0. The third-order valence-corrected chi connectivity index (χ3v) is 8.58. The van der Waals surface area contributed by atoms with Gasteiger partial charge in [0.1, 0.15) is 19.2 Å². The molecule has 1 aromatic heterocycles. The minimum atomic E-state index is -5.14. The van der Waals surface area contributed by atoms with Crippen LogP contribution < -0.4 is 10.6 Å². The molecule has 14 heteroatoms. The molecule has 0 aliphatic heterocycles. The molecule has 254 valence electrons. The van der Waals surface area contributed by atoms with E-state index in [4.69, 9.17) is 9.47 Å². The number of nitrogens with one attached hydrogen (secondary N) is 2. The molecule has 1 atom stereocenters. The van der Waals surface area contributed by atoms with Gasteiger partial charge >= 0.3 is 24.1 Å². The molecular weight excluding hydrogens is 633 g/mol. The van der Waals surface area contributed by atoms with Crippen LogP contribution in [0.15, 0.2) is 66.9 Å². The number of methoxy groups -OCH3 is 1. The average molecular weight is 675 g/mol. The van der Waals surface area contributed by atoms with Crippen molar-refractivity contribution in [1.82, 2.24) is 9.55 Å². The van der Waals surface area contributed by atoms with Crippen LogP contribution in [0.1, 0.15) is 24.7 Å². The van der Waals surface area contributed by atoms with Gasteiger partial charge < -0.3 is 24.1 Å². The zero-order chi connectivity index (χ0) is 34.6. The number of amides is 2. The second-order valence-corrected chi connectivity index (χ2v) is 17.7. The Balaban J connectivity index is 1.81. The molecule has 0 bridgehead atoms. The van der Waals surface area contributed by atoms with Crippen LogP contribution in [-0.2, 0) is 43.6 Å². The van der Waals surface area contributed by atoms with E-state index >= 15 is 0 Å². The second kappa shape index (κ2) is 16.9. The predicted molar refractivity (Wildman–Crippen MR) is 175 cm³/mol. The van der Waals surface area contributed by atoms with Crippen molar-refractivity contribution in [2.45, 2.75) is 65.0 Å². The summed E-state index contributed by atoms with van der Waals surface area (Å²) < 4.78 is 57.2. The Morgan fingerprint density at radius 3 is 2.45 bits per heavy atom. The number of hydrogen-bond acceptors (Lipinski definition) is 7. The van der Waals surface area contributed by atoms with Crippen LogP contribution in [0.25, 0.3) is 11.3 Å². The molecule has 0 fully saturated rings. The van der Waals surface area contributed by atoms with Crippen molar-refractivity contribution in [3.63, 3.8) is 0 Å². The van der Waals surface area contributed by atoms with E-state index in [1.54, 1.807) is 23.8 Å². The van der Waals surface area contributed by atoms with Gasteiger partial charge in [0, 0.05) is 38.5 Å². The van der Waals surface area contributed by atoms with Crippen LogP contribution in [0.3, 0.4) is 0 Å². The van der Waals surface area contributed by atoms with Crippen molar-refractivity contribution in [3.8, 4) is 11.3 Å². The van der Waals surface area contributed by atoms with Gasteiger partial charge in [-0.3, -0.25) is 14.9 Å². The van der Waals surface area contributed by atoms with Crippen molar-refractivity contribution < 1.29 is 41.8 Å². The molecule has 47 heavy (non-hydrogen) atoms. The molecule has 0 radical (unpaired) electrons. The number of ether oxygens (including phenoxy) is 3. The van der Waals surface area contributed by atoms with Gasteiger partial charge in [0.2, 0.25) is 0 Å². The highest BCUT2D eigenvalue weighted by Gasteiger charge is 2.39. The van der Waals surface area contributed by atoms with E-state index in [0.717, 1.165) is 18.7 Å². The highest BCUT2D eigenvalue weighted by atomic mass is 28.3. The Labute approximate surface area is 273 Å². The summed E-state index contributed by atoms with van der Waals surface area (Å²) in [6.45, 7) is 9.31. The molecule has 0 spiro atoms. The third kappa shape index (κ3) is 12.4. The second-order valence-electron chi connectivity index (χ2n) is 12.0. The zero-order valence-electron chi connectivity index (χ0n) is 27.1. The molecule has 10 nitrogen and oxygen atoms in total. The number of rotatable bonds is 15. The normalized spacial score (nSPS) is 12.5. The molecule has 2 N–H and O–H groups in total. The van der Waals surface area contributed by atoms with Crippen molar-refractivity contribution >= 4 is 37.4 Å². The van der Waals surface area contributed by atoms with Crippen LogP contribution in [0.4, 0.5) is 29.3 Å². The number of carbonyl (C=O) groups excluding carboxylic acids is 3. The molecule has 3 rings (SSSR count). The molecule has 2 amide bonds. The fourth-order valence-corrected chi connectivity index (χ4v) is 4.96. The summed E-state index contributed by atoms with van der Waals surface area (Å²) in [4.78, 5) is 40.7. The summed E-state index contributed by atoms with van der Waals surface area (Å²) in [5.41, 5.74) is 1.28. The number of anilines is 2. The standard InChI is InChI=1S/C33H41F3N4O6Si/c1-23(30(41)46-21-24-12-7-6-8-13-24)11-9-10-14-29-38-28(20-40(29)22-45-17-18-47(3,4)5)26-16-15-25(37-32(43)44-2)19-27(26)39-31(42)33(34,35)36/h6-9,11-13,15-16,19-20,23H,10,14,17-18,21-22H2,1-5H3,(H,37,43)(H,39,42). The van der Waals surface area contributed by atoms with Gasteiger partial charge in [-0.15, -0.1) is 0 Å². The van der Waals surface area contributed by atoms with E-state index in [1.807, 2.05) is 41.7 Å². The van der Waals surface area contributed by atoms with E-state index in [9.17, 15) is 27.6 Å². The average Bonchev–Trinajstić information content (AvgIpc) is 3.42. The van der Waals surface area contributed by atoms with E-state index in [-0.39, 0.29) is 41.9 Å². The zero-order valence-corrected chi connectivity index (χ0v) is 28.1. The maximum absolute atomic E-state index is 13.2. The van der Waals surface area contributed by atoms with E-state index < -0.39 is 32.2 Å². The van der Waals surface area contributed by atoms with Crippen LogP contribution in [0.5, 0.6) is 0 Å². The summed E-state index contributed by atoms with van der Waals surface area (Å²) in [5, 5.41) is 4.26. The quantitative estimate of drug-likeness (QED) is 0.0746. The minimum absolute atomic E-state index is 0.106. The summed E-state index contributed by atoms with van der Waals surface area (Å²) in [6.07, 6.45) is 0.191. The largest absolute Gasteiger partial charge is 0.471 e. The number of imidazole rings is 1. The molecule has 1 heterocycles. The summed E-state index contributed by atoms with van der Waals surface area (Å²) in [7, 11) is -0.212. The third-order valence-electron chi connectivity index (χ3n) is 6.87. The molecule has 0 saturated carbocycles. The van der Waals surface area contributed by atoms with E-state index in [1.165, 1.54) is 18.2 Å². The van der Waals surface area contributed by atoms with Gasteiger partial charge in [-0.25, -0.2) is 9.78 Å². The first kappa shape index (κ1) is 37.0. The lowest BCUT2D eigenvalue weighted by molar-refractivity contribution is -0.167. The molecule has 3 aromatic rings. The van der Waals surface area contributed by atoms with Crippen molar-refractivity contribution in [1.29, 1.82) is 0 Å². The first-order valence-electron chi connectivity index (χ1n) is 15.0. The lowest BCUT2D eigenvalue weighted by atomic mass is 10.1. The summed E-state index contributed by atoms with van der Waals surface area (Å²) in [5.74, 6) is -2.43. The Morgan fingerprint density at radius 2 is 1.79 bits per heavy atom. The van der Waals surface area contributed by atoms with Crippen molar-refractivity contribution in [2.75, 3.05) is 24.4 Å². The van der Waals surface area contributed by atoms with Crippen LogP contribution >= 0.6 is 0 Å². The Bertz CT molecular complexity index is 1540. The van der Waals surface area contributed by atoms with Crippen LogP contribution in [0.2, 0.25) is 25.7 Å². The molecule has 1 unspecified atom stereocenters. The molecule has 0 saturated heterocycles. The van der Waals surface area contributed by atoms with Gasteiger partial charge in [0.25, 0.3) is 0 Å². The van der Waals surface area contributed by atoms with Gasteiger partial charge in [0.05, 0.1) is 24.4 Å². The Kier molecular flexibility index (Phi) is 13.3. The maximum atomic E-state index is 13.2. The van der Waals surface area contributed by atoms with Crippen LogP contribution in [0, 0.1) is 5.92 Å². The van der Waals surface area contributed by atoms with Gasteiger partial charge in [-0.2, -0.15) is 13.2 Å². The minimum Gasteiger partial charge on any atom is -0.460 e. The smallest absolute Gasteiger partial charge is 0.460 e. The lowest BCUT2D eigenvalue weighted by Gasteiger charge is -2.16. The highest BCUT2D eigenvalue weighted by molar-refractivity contribution is 6.76. The fourth-order valence-electron chi connectivity index (χ4n) is 4.20. The molecular formula is C33H41F3N4O6Si. The number of benzene rings is 2.